The Bertz CT molecular complexity index is 1260. The average Bonchev–Trinajstić information content (AvgIpc) is 3.44. The molecule has 0 radical (unpaired) electrons. The molecule has 0 bridgehead atoms. The van der Waals surface area contributed by atoms with Gasteiger partial charge >= 0.3 is 0 Å². The molecule has 184 valence electrons. The van der Waals surface area contributed by atoms with E-state index in [0.29, 0.717) is 31.3 Å². The van der Waals surface area contributed by atoms with Crippen molar-refractivity contribution < 1.29 is 18.8 Å². The van der Waals surface area contributed by atoms with Crippen molar-refractivity contribution in [2.75, 3.05) is 6.54 Å². The van der Waals surface area contributed by atoms with E-state index in [1.165, 1.54) is 17.0 Å². The molecule has 1 saturated heterocycles. The van der Waals surface area contributed by atoms with Crippen molar-refractivity contribution in [3.8, 4) is 0 Å². The summed E-state index contributed by atoms with van der Waals surface area (Å²) in [6, 6.07) is 11.9. The third-order valence-corrected chi connectivity index (χ3v) is 6.37. The number of nitrogens with one attached hydrogen (secondary N) is 1. The molecule has 0 aliphatic carbocycles. The van der Waals surface area contributed by atoms with Crippen molar-refractivity contribution in [1.29, 1.82) is 0 Å². The van der Waals surface area contributed by atoms with E-state index in [4.69, 9.17) is 5.73 Å². The zero-order chi connectivity index (χ0) is 25.3. The lowest BCUT2D eigenvalue weighted by Gasteiger charge is -2.35. The molecule has 35 heavy (non-hydrogen) atoms. The van der Waals surface area contributed by atoms with Crippen LogP contribution in [0.4, 0.5) is 4.39 Å². The molecule has 9 heteroatoms. The second-order valence-corrected chi connectivity index (χ2v) is 10.0. The largest absolute Gasteiger partial charge is 0.368 e. The second kappa shape index (κ2) is 9.48. The second-order valence-electron chi connectivity index (χ2n) is 10.0. The first-order valence-corrected chi connectivity index (χ1v) is 11.7. The summed E-state index contributed by atoms with van der Waals surface area (Å²) in [4.78, 5) is 40.3. The maximum Gasteiger partial charge on any atom is 0.273 e. The topological polar surface area (TPSA) is 110 Å². The van der Waals surface area contributed by atoms with E-state index in [9.17, 15) is 18.8 Å². The van der Waals surface area contributed by atoms with Gasteiger partial charge in [-0.05, 0) is 42.0 Å². The molecule has 2 atom stereocenters. The van der Waals surface area contributed by atoms with E-state index in [0.717, 1.165) is 11.1 Å². The Labute approximate surface area is 203 Å². The van der Waals surface area contributed by atoms with E-state index in [1.807, 2.05) is 39.0 Å². The van der Waals surface area contributed by atoms with Crippen LogP contribution in [0.15, 0.2) is 48.5 Å². The number of para-hydroxylation sites is 1. The Morgan fingerprint density at radius 3 is 2.49 bits per heavy atom. The van der Waals surface area contributed by atoms with Gasteiger partial charge in [-0.1, -0.05) is 51.1 Å². The standard InChI is InChI=1S/C26H30FN5O3/c1-26(2,3)22(25(35)31-14-6-9-20(31)23(28)33)29-24(34)21-18-7-4-5-8-19(18)32(30-21)15-16-10-12-17(27)13-11-16/h4-5,7-8,10-13,20,22H,6,9,14-15H2,1-3H3,(H2,28,33)(H,29,34)/t20-,22-/m1/s1. The summed E-state index contributed by atoms with van der Waals surface area (Å²) in [5.41, 5.74) is 6.66. The average molecular weight is 480 g/mol. The summed E-state index contributed by atoms with van der Waals surface area (Å²) in [6.45, 7) is 6.34. The number of fused-ring (bicyclic) bond motifs is 1. The van der Waals surface area contributed by atoms with Crippen LogP contribution in [0, 0.1) is 11.2 Å². The highest BCUT2D eigenvalue weighted by Gasteiger charge is 2.41. The third-order valence-electron chi connectivity index (χ3n) is 6.37. The maximum absolute atomic E-state index is 13.5. The zero-order valence-electron chi connectivity index (χ0n) is 20.1. The van der Waals surface area contributed by atoms with Crippen LogP contribution < -0.4 is 11.1 Å². The lowest BCUT2D eigenvalue weighted by atomic mass is 9.85. The van der Waals surface area contributed by atoms with Gasteiger partial charge in [-0.3, -0.25) is 19.1 Å². The molecule has 3 amide bonds. The van der Waals surface area contributed by atoms with E-state index in [-0.39, 0.29) is 17.4 Å². The fourth-order valence-electron chi connectivity index (χ4n) is 4.52. The van der Waals surface area contributed by atoms with Crippen molar-refractivity contribution in [2.45, 2.75) is 52.2 Å². The number of nitrogens with two attached hydrogens (primary N) is 1. The molecule has 3 aromatic rings. The van der Waals surface area contributed by atoms with Crippen molar-refractivity contribution in [3.63, 3.8) is 0 Å². The molecule has 1 aromatic heterocycles. The predicted octanol–water partition coefficient (Wildman–Crippen LogP) is 2.84. The molecule has 8 nitrogen and oxygen atoms in total. The highest BCUT2D eigenvalue weighted by atomic mass is 19.1. The van der Waals surface area contributed by atoms with E-state index >= 15 is 0 Å². The number of hydrogen-bond acceptors (Lipinski definition) is 4. The number of benzene rings is 2. The van der Waals surface area contributed by atoms with Crippen LogP contribution in [0.1, 0.15) is 49.7 Å². The van der Waals surface area contributed by atoms with Crippen LogP contribution in [-0.4, -0.2) is 51.0 Å². The molecule has 1 aliphatic heterocycles. The first-order chi connectivity index (χ1) is 16.6. The molecule has 1 aliphatic rings. The number of aromatic nitrogens is 2. The summed E-state index contributed by atoms with van der Waals surface area (Å²) >= 11 is 0. The first kappa shape index (κ1) is 24.4. The van der Waals surface area contributed by atoms with Gasteiger partial charge in [0.15, 0.2) is 5.69 Å². The lowest BCUT2D eigenvalue weighted by molar-refractivity contribution is -0.140. The smallest absolute Gasteiger partial charge is 0.273 e. The molecule has 0 saturated carbocycles. The highest BCUT2D eigenvalue weighted by molar-refractivity contribution is 6.06. The molecule has 1 fully saturated rings. The zero-order valence-corrected chi connectivity index (χ0v) is 20.1. The predicted molar refractivity (Wildman–Crippen MR) is 130 cm³/mol. The number of likely N-dealkylation sites (tertiary alicyclic amines) is 1. The number of amides is 3. The fraction of sp³-hybridized carbons (Fsp3) is 0.385. The minimum absolute atomic E-state index is 0.192. The SMILES string of the molecule is CC(C)(C)[C@H](NC(=O)c1nn(Cc2ccc(F)cc2)c2ccccc12)C(=O)N1CCC[C@@H]1C(N)=O. The van der Waals surface area contributed by atoms with E-state index < -0.39 is 29.3 Å². The maximum atomic E-state index is 13.5. The summed E-state index contributed by atoms with van der Waals surface area (Å²) in [6.07, 6.45) is 1.20. The molecule has 0 spiro atoms. The van der Waals surface area contributed by atoms with Crippen LogP contribution in [0.25, 0.3) is 10.9 Å². The fourth-order valence-corrected chi connectivity index (χ4v) is 4.52. The number of nitrogens with zero attached hydrogens (tertiary/aromatic N) is 3. The minimum atomic E-state index is -0.879. The Balaban J connectivity index is 1.64. The number of carbonyl (C=O) groups excluding carboxylic acids is 3. The van der Waals surface area contributed by atoms with E-state index in [2.05, 4.69) is 10.4 Å². The van der Waals surface area contributed by atoms with Crippen LogP contribution in [-0.2, 0) is 16.1 Å². The summed E-state index contributed by atoms with van der Waals surface area (Å²) in [5.74, 6) is -1.68. The lowest BCUT2D eigenvalue weighted by Crippen LogP contribution is -2.57. The van der Waals surface area contributed by atoms with Gasteiger partial charge in [0.25, 0.3) is 5.91 Å². The quantitative estimate of drug-likeness (QED) is 0.566. The van der Waals surface area contributed by atoms with Gasteiger partial charge < -0.3 is 16.0 Å². The normalized spacial score (nSPS) is 16.9. The van der Waals surface area contributed by atoms with Gasteiger partial charge in [-0.2, -0.15) is 5.10 Å². The Kier molecular flexibility index (Phi) is 6.60. The minimum Gasteiger partial charge on any atom is -0.368 e. The number of rotatable bonds is 6. The summed E-state index contributed by atoms with van der Waals surface area (Å²) in [5, 5.41) is 8.07. The number of halogens is 1. The van der Waals surface area contributed by atoms with Gasteiger partial charge in [0.2, 0.25) is 11.8 Å². The van der Waals surface area contributed by atoms with Crippen LogP contribution in [0.2, 0.25) is 0 Å². The van der Waals surface area contributed by atoms with Crippen molar-refractivity contribution in [2.24, 2.45) is 11.1 Å². The van der Waals surface area contributed by atoms with Crippen molar-refractivity contribution in [1.82, 2.24) is 20.0 Å². The van der Waals surface area contributed by atoms with Crippen LogP contribution in [0.3, 0.4) is 0 Å². The molecule has 0 unspecified atom stereocenters. The van der Waals surface area contributed by atoms with Crippen LogP contribution >= 0.6 is 0 Å². The number of hydrogen-bond donors (Lipinski definition) is 2. The molecule has 3 N–H and O–H groups in total. The molecular weight excluding hydrogens is 449 g/mol. The van der Waals surface area contributed by atoms with Gasteiger partial charge in [-0.25, -0.2) is 4.39 Å². The van der Waals surface area contributed by atoms with Gasteiger partial charge in [-0.15, -0.1) is 0 Å². The molecule has 2 heterocycles. The summed E-state index contributed by atoms with van der Waals surface area (Å²) in [7, 11) is 0. The third kappa shape index (κ3) is 5.03. The van der Waals surface area contributed by atoms with E-state index in [1.54, 1.807) is 22.9 Å². The first-order valence-electron chi connectivity index (χ1n) is 11.7. The summed E-state index contributed by atoms with van der Waals surface area (Å²) < 4.78 is 15.0. The van der Waals surface area contributed by atoms with Crippen molar-refractivity contribution >= 4 is 28.6 Å². The van der Waals surface area contributed by atoms with Crippen LogP contribution in [0.5, 0.6) is 0 Å². The van der Waals surface area contributed by atoms with Gasteiger partial charge in [0.05, 0.1) is 12.1 Å². The highest BCUT2D eigenvalue weighted by Crippen LogP contribution is 2.27. The monoisotopic (exact) mass is 479 g/mol. The van der Waals surface area contributed by atoms with Gasteiger partial charge in [0, 0.05) is 11.9 Å². The number of carbonyl (C=O) groups is 3. The Morgan fingerprint density at radius 2 is 1.83 bits per heavy atom. The molecule has 4 rings (SSSR count). The van der Waals surface area contributed by atoms with Gasteiger partial charge in [0.1, 0.15) is 17.9 Å². The Morgan fingerprint density at radius 1 is 1.14 bits per heavy atom. The van der Waals surface area contributed by atoms with Crippen molar-refractivity contribution in [3.05, 3.63) is 65.6 Å². The number of primary amides is 1. The Hall–Kier alpha value is -3.75. The molecular formula is C26H30FN5O3. The molecule has 2 aromatic carbocycles.